The fourth-order valence-electron chi connectivity index (χ4n) is 6.00. The molecule has 1 aromatic carbocycles. The Morgan fingerprint density at radius 3 is 1.81 bits per heavy atom. The molecule has 0 saturated heterocycles. The third kappa shape index (κ3) is 16.8. The van der Waals surface area contributed by atoms with Gasteiger partial charge in [0.25, 0.3) is 0 Å². The summed E-state index contributed by atoms with van der Waals surface area (Å²) in [5.74, 6) is -11.5. The molecule has 0 saturated carbocycles. The topological polar surface area (TPSA) is 369 Å². The number of carboxylic acids is 2. The lowest BCUT2D eigenvalue weighted by atomic mass is 9.96. The van der Waals surface area contributed by atoms with Gasteiger partial charge in [-0.1, -0.05) is 52.3 Å². The first-order valence-electron chi connectivity index (χ1n) is 20.0. The molecule has 8 atom stereocenters. The lowest BCUT2D eigenvalue weighted by molar-refractivity contribution is -0.141. The van der Waals surface area contributed by atoms with Gasteiger partial charge in [-0.3, -0.25) is 47.9 Å². The molecule has 14 N–H and O–H groups in total. The second kappa shape index (κ2) is 25.6. The van der Waals surface area contributed by atoms with Crippen LogP contribution in [0.2, 0.25) is 0 Å². The lowest BCUT2D eigenvalue weighted by Crippen LogP contribution is -2.62. The van der Waals surface area contributed by atoms with E-state index in [0.717, 1.165) is 5.52 Å². The summed E-state index contributed by atoms with van der Waals surface area (Å²) >= 11 is 4.18. The number of aliphatic carboxylic acids is 2. The summed E-state index contributed by atoms with van der Waals surface area (Å²) in [6.07, 6.45) is -0.562. The van der Waals surface area contributed by atoms with Crippen molar-refractivity contribution in [3.8, 4) is 0 Å². The second-order valence-corrected chi connectivity index (χ2v) is 15.4. The van der Waals surface area contributed by atoms with Gasteiger partial charge in [0.05, 0.1) is 25.6 Å². The van der Waals surface area contributed by atoms with E-state index in [4.69, 9.17) is 10.8 Å². The van der Waals surface area contributed by atoms with Crippen molar-refractivity contribution in [3.63, 3.8) is 0 Å². The normalized spacial score (nSPS) is 14.9. The van der Waals surface area contributed by atoms with Crippen molar-refractivity contribution in [2.75, 3.05) is 25.4 Å². The zero-order valence-electron chi connectivity index (χ0n) is 35.5. The molecule has 0 fully saturated rings. The third-order valence-corrected chi connectivity index (χ3v) is 10.1. The first-order valence-corrected chi connectivity index (χ1v) is 20.6. The SMILES string of the molecule is CC[C@H](C)[C@H](NC(=O)[C@H](CC(=O)O)NC(=O)CN)C(=O)N[C@H](C(=O)N[C@@H](CS)C(=O)N[C@H](C(=O)N[C@@H](Cc1c[nH]c2ccccc12)C(=O)NCC(=O)NCC(=O)O)[C@@H](C)O)C(C)C. The van der Waals surface area contributed by atoms with E-state index in [2.05, 4.69) is 60.1 Å². The monoisotopic (exact) mass is 906 g/mol. The van der Waals surface area contributed by atoms with E-state index in [1.54, 1.807) is 58.2 Å². The summed E-state index contributed by atoms with van der Waals surface area (Å²) in [5.41, 5.74) is 6.60. The molecule has 8 amide bonds. The van der Waals surface area contributed by atoms with E-state index in [0.29, 0.717) is 17.4 Å². The van der Waals surface area contributed by atoms with Gasteiger partial charge in [0, 0.05) is 29.3 Å². The van der Waals surface area contributed by atoms with Crippen molar-refractivity contribution >= 4 is 82.7 Å². The summed E-state index contributed by atoms with van der Waals surface area (Å²) in [5, 5.41) is 48.5. The summed E-state index contributed by atoms with van der Waals surface area (Å²) in [6, 6.07) is -1.69. The molecule has 0 aliphatic rings. The third-order valence-electron chi connectivity index (χ3n) is 9.73. The highest BCUT2D eigenvalue weighted by molar-refractivity contribution is 7.80. The molecule has 1 heterocycles. The number of hydrogen-bond donors (Lipinski definition) is 14. The van der Waals surface area contributed by atoms with Crippen LogP contribution in [-0.4, -0.2) is 147 Å². The van der Waals surface area contributed by atoms with Crippen molar-refractivity contribution < 1.29 is 63.3 Å². The van der Waals surface area contributed by atoms with Crippen LogP contribution >= 0.6 is 12.6 Å². The number of carbonyl (C=O) groups is 10. The van der Waals surface area contributed by atoms with Crippen LogP contribution in [0.3, 0.4) is 0 Å². The molecular formula is C39H58N10O13S. The fourth-order valence-corrected chi connectivity index (χ4v) is 6.26. The zero-order chi connectivity index (χ0) is 47.6. The Morgan fingerprint density at radius 1 is 0.667 bits per heavy atom. The van der Waals surface area contributed by atoms with Crippen LogP contribution < -0.4 is 48.3 Å². The summed E-state index contributed by atoms with van der Waals surface area (Å²) in [4.78, 5) is 131. The Hall–Kier alpha value is -6.27. The van der Waals surface area contributed by atoms with Crippen molar-refractivity contribution in [2.24, 2.45) is 17.6 Å². The lowest BCUT2D eigenvalue weighted by Gasteiger charge is -2.30. The van der Waals surface area contributed by atoms with Crippen LogP contribution in [0.4, 0.5) is 0 Å². The number of fused-ring (bicyclic) bond motifs is 1. The smallest absolute Gasteiger partial charge is 0.322 e. The van der Waals surface area contributed by atoms with Gasteiger partial charge in [-0.15, -0.1) is 0 Å². The van der Waals surface area contributed by atoms with Gasteiger partial charge in [0.2, 0.25) is 47.3 Å². The first kappa shape index (κ1) is 52.9. The number of carbonyl (C=O) groups excluding carboxylic acids is 8. The van der Waals surface area contributed by atoms with Gasteiger partial charge in [-0.25, -0.2) is 0 Å². The standard InChI is InChI=1S/C39H58N10O13S/c1-6-19(4)32(48-35(58)25(12-29(53)54)44-27(51)13-40)38(61)47-31(18(2)3)37(60)46-26(17-63)36(59)49-33(20(5)50)39(62)45-24(34(57)43-15-28(52)42-16-30(55)56)11-21-14-41-23-10-8-7-9-22(21)23/h7-10,14,18-20,24-26,31-33,41,50,63H,6,11-13,15-17,40H2,1-5H3,(H,42,52)(H,43,57)(H,44,51)(H,45,62)(H,46,60)(H,47,61)(H,48,58)(H,49,59)(H,53,54)(H,55,56)/t19-,20+,24-,25-,26-,31-,32-,33-/m0/s1. The van der Waals surface area contributed by atoms with Gasteiger partial charge in [-0.05, 0) is 30.4 Å². The predicted octanol–water partition coefficient (Wildman–Crippen LogP) is -3.62. The number of thiol groups is 1. The molecule has 348 valence electrons. The maximum atomic E-state index is 13.7. The summed E-state index contributed by atoms with van der Waals surface area (Å²) in [7, 11) is 0. The number of hydrogen-bond acceptors (Lipinski definition) is 13. The van der Waals surface area contributed by atoms with E-state index in [1.165, 1.54) is 6.92 Å². The number of amides is 8. The summed E-state index contributed by atoms with van der Waals surface area (Å²) < 4.78 is 0. The highest BCUT2D eigenvalue weighted by atomic mass is 32.1. The molecule has 63 heavy (non-hydrogen) atoms. The molecule has 23 nitrogen and oxygen atoms in total. The molecule has 24 heteroatoms. The van der Waals surface area contributed by atoms with E-state index >= 15 is 0 Å². The van der Waals surface area contributed by atoms with Crippen LogP contribution in [0.5, 0.6) is 0 Å². The molecule has 0 unspecified atom stereocenters. The Kier molecular flexibility index (Phi) is 21.5. The molecule has 0 spiro atoms. The van der Waals surface area contributed by atoms with E-state index in [9.17, 15) is 58.2 Å². The van der Waals surface area contributed by atoms with Crippen LogP contribution in [0, 0.1) is 11.8 Å². The number of nitrogens with one attached hydrogen (secondary N) is 9. The Labute approximate surface area is 368 Å². The fraction of sp³-hybridized carbons (Fsp3) is 0.538. The predicted molar refractivity (Wildman–Crippen MR) is 228 cm³/mol. The van der Waals surface area contributed by atoms with Gasteiger partial charge in [-0.2, -0.15) is 12.6 Å². The van der Waals surface area contributed by atoms with Gasteiger partial charge < -0.3 is 68.6 Å². The minimum atomic E-state index is -1.71. The molecule has 0 radical (unpaired) electrons. The van der Waals surface area contributed by atoms with Gasteiger partial charge in [0.15, 0.2) is 0 Å². The molecule has 1 aromatic heterocycles. The second-order valence-electron chi connectivity index (χ2n) is 15.0. The summed E-state index contributed by atoms with van der Waals surface area (Å²) in [6.45, 7) is 5.83. The number of aliphatic hydroxyl groups excluding tert-OH is 1. The highest BCUT2D eigenvalue weighted by Gasteiger charge is 2.36. The van der Waals surface area contributed by atoms with E-state index in [-0.39, 0.29) is 12.2 Å². The first-order chi connectivity index (χ1) is 29.6. The van der Waals surface area contributed by atoms with Crippen molar-refractivity contribution in [1.82, 2.24) is 47.5 Å². The largest absolute Gasteiger partial charge is 0.481 e. The minimum Gasteiger partial charge on any atom is -0.481 e. The van der Waals surface area contributed by atoms with E-state index in [1.807, 2.05) is 0 Å². The Balaban J connectivity index is 2.27. The van der Waals surface area contributed by atoms with Crippen LogP contribution in [0.1, 0.15) is 53.0 Å². The molecule has 0 aliphatic heterocycles. The number of nitrogens with two attached hydrogens (primary N) is 1. The molecule has 2 aromatic rings. The highest BCUT2D eigenvalue weighted by Crippen LogP contribution is 2.19. The van der Waals surface area contributed by atoms with Crippen molar-refractivity contribution in [1.29, 1.82) is 0 Å². The number of carboxylic acid groups (broad SMARTS) is 2. The molecule has 0 aliphatic carbocycles. The quantitative estimate of drug-likeness (QED) is 0.0406. The number of aromatic amines is 1. The number of aromatic nitrogens is 1. The van der Waals surface area contributed by atoms with E-state index < -0.39 is 139 Å². The van der Waals surface area contributed by atoms with Crippen LogP contribution in [-0.2, 0) is 54.4 Å². The number of rotatable bonds is 26. The molecule has 2 rings (SSSR count). The zero-order valence-corrected chi connectivity index (χ0v) is 36.4. The van der Waals surface area contributed by atoms with Gasteiger partial charge >= 0.3 is 11.9 Å². The average molecular weight is 907 g/mol. The van der Waals surface area contributed by atoms with Crippen molar-refractivity contribution in [3.05, 3.63) is 36.0 Å². The Bertz CT molecular complexity index is 1980. The maximum Gasteiger partial charge on any atom is 0.322 e. The molecule has 0 bridgehead atoms. The van der Waals surface area contributed by atoms with Crippen LogP contribution in [0.25, 0.3) is 10.9 Å². The average Bonchev–Trinajstić information content (AvgIpc) is 3.64. The number of benzene rings is 1. The maximum absolute atomic E-state index is 13.7. The van der Waals surface area contributed by atoms with Gasteiger partial charge in [0.1, 0.15) is 42.8 Å². The molecular weight excluding hydrogens is 849 g/mol. The number of H-pyrrole nitrogens is 1. The van der Waals surface area contributed by atoms with Crippen molar-refractivity contribution in [2.45, 2.75) is 96.2 Å². The Morgan fingerprint density at radius 2 is 1.24 bits per heavy atom. The number of aliphatic hydroxyl groups is 1. The minimum absolute atomic E-state index is 0.133. The number of para-hydroxylation sites is 1. The van der Waals surface area contributed by atoms with Crippen LogP contribution in [0.15, 0.2) is 30.5 Å².